The highest BCUT2D eigenvalue weighted by molar-refractivity contribution is 5.70. The van der Waals surface area contributed by atoms with Crippen molar-refractivity contribution in [2.24, 2.45) is 0 Å². The van der Waals surface area contributed by atoms with Crippen LogP contribution in [0.25, 0.3) is 17.8 Å². The lowest BCUT2D eigenvalue weighted by Gasteiger charge is -2.05. The third kappa shape index (κ3) is 3.11. The zero-order valence-electron chi connectivity index (χ0n) is 12.5. The van der Waals surface area contributed by atoms with Crippen LogP contribution in [-0.4, -0.2) is 22.1 Å². The van der Waals surface area contributed by atoms with Crippen molar-refractivity contribution in [2.75, 3.05) is 7.11 Å². The van der Waals surface area contributed by atoms with Gasteiger partial charge in [0.1, 0.15) is 17.5 Å². The van der Waals surface area contributed by atoms with Crippen molar-refractivity contribution < 1.29 is 4.74 Å². The monoisotopic (exact) mass is 302 g/mol. The molecule has 3 rings (SSSR count). The van der Waals surface area contributed by atoms with Crippen molar-refractivity contribution in [3.05, 3.63) is 71.5 Å². The molecule has 0 spiro atoms. The Hall–Kier alpha value is -3.39. The molecule has 0 radical (unpaired) electrons. The highest BCUT2D eigenvalue weighted by Crippen LogP contribution is 2.18. The number of nitrogens with zero attached hydrogens (tertiary/aromatic N) is 4. The number of hydrogen-bond acceptors (Lipinski definition) is 4. The minimum absolute atomic E-state index is 0.285. The molecule has 5 nitrogen and oxygen atoms in total. The summed E-state index contributed by atoms with van der Waals surface area (Å²) in [6.45, 7) is 0. The number of rotatable bonds is 4. The van der Waals surface area contributed by atoms with E-state index in [4.69, 9.17) is 4.74 Å². The molecule has 3 aromatic rings. The van der Waals surface area contributed by atoms with E-state index in [1.807, 2.05) is 66.7 Å². The topological polar surface area (TPSA) is 63.7 Å². The number of hydrogen-bond donors (Lipinski definition) is 0. The van der Waals surface area contributed by atoms with Crippen LogP contribution in [0.15, 0.2) is 54.6 Å². The molecule has 1 heterocycles. The molecular weight excluding hydrogens is 288 g/mol. The second-order valence-electron chi connectivity index (χ2n) is 4.79. The van der Waals surface area contributed by atoms with E-state index in [0.29, 0.717) is 5.69 Å². The summed E-state index contributed by atoms with van der Waals surface area (Å²) >= 11 is 0. The first-order chi connectivity index (χ1) is 11.3. The Morgan fingerprint density at radius 3 is 2.43 bits per heavy atom. The molecule has 0 saturated carbocycles. The van der Waals surface area contributed by atoms with Crippen molar-refractivity contribution in [1.82, 2.24) is 15.0 Å². The third-order valence-electron chi connectivity index (χ3n) is 3.36. The summed E-state index contributed by atoms with van der Waals surface area (Å²) in [4.78, 5) is 0. The van der Waals surface area contributed by atoms with Crippen LogP contribution < -0.4 is 4.74 Å². The average molecular weight is 302 g/mol. The molecule has 0 atom stereocenters. The molecular formula is C18H14N4O. The van der Waals surface area contributed by atoms with Crippen LogP contribution in [0, 0.1) is 11.3 Å². The van der Waals surface area contributed by atoms with Gasteiger partial charge in [0.2, 0.25) is 0 Å². The van der Waals surface area contributed by atoms with E-state index in [9.17, 15) is 5.26 Å². The molecule has 1 aromatic heterocycles. The predicted molar refractivity (Wildman–Crippen MR) is 88.0 cm³/mol. The number of methoxy groups -OCH3 is 1. The maximum absolute atomic E-state index is 9.24. The summed E-state index contributed by atoms with van der Waals surface area (Å²) in [7, 11) is 1.62. The van der Waals surface area contributed by atoms with Gasteiger partial charge in [-0.1, -0.05) is 41.6 Å². The molecule has 112 valence electrons. The SMILES string of the molecule is COc1ccc(-n2nnc(C#N)c2/C=C/c2ccccc2)cc1. The molecule has 0 aliphatic carbocycles. The molecule has 0 fully saturated rings. The number of ether oxygens (including phenoxy) is 1. The zero-order chi connectivity index (χ0) is 16.1. The van der Waals surface area contributed by atoms with Crippen LogP contribution in [0.1, 0.15) is 17.0 Å². The predicted octanol–water partition coefficient (Wildman–Crippen LogP) is 3.32. The minimum atomic E-state index is 0.285. The maximum Gasteiger partial charge on any atom is 0.190 e. The second kappa shape index (κ2) is 6.58. The fraction of sp³-hybridized carbons (Fsp3) is 0.0556. The summed E-state index contributed by atoms with van der Waals surface area (Å²) in [5.74, 6) is 0.760. The summed E-state index contributed by atoms with van der Waals surface area (Å²) in [6.07, 6.45) is 3.78. The third-order valence-corrected chi connectivity index (χ3v) is 3.36. The van der Waals surface area contributed by atoms with E-state index < -0.39 is 0 Å². The van der Waals surface area contributed by atoms with E-state index in [1.165, 1.54) is 0 Å². The summed E-state index contributed by atoms with van der Waals surface area (Å²) in [6, 6.07) is 19.4. The van der Waals surface area contributed by atoms with Crippen molar-refractivity contribution in [3.8, 4) is 17.5 Å². The molecule has 23 heavy (non-hydrogen) atoms. The van der Waals surface area contributed by atoms with Gasteiger partial charge in [0, 0.05) is 0 Å². The smallest absolute Gasteiger partial charge is 0.190 e. The Labute approximate surface area is 134 Å². The van der Waals surface area contributed by atoms with Gasteiger partial charge < -0.3 is 4.74 Å². The fourth-order valence-corrected chi connectivity index (χ4v) is 2.17. The summed E-state index contributed by atoms with van der Waals surface area (Å²) < 4.78 is 6.79. The Morgan fingerprint density at radius 2 is 1.78 bits per heavy atom. The lowest BCUT2D eigenvalue weighted by Crippen LogP contribution is -1.99. The first kappa shape index (κ1) is 14.5. The Balaban J connectivity index is 2.00. The first-order valence-electron chi connectivity index (χ1n) is 7.05. The molecule has 2 aromatic carbocycles. The quantitative estimate of drug-likeness (QED) is 0.741. The van der Waals surface area contributed by atoms with E-state index in [2.05, 4.69) is 16.4 Å². The lowest BCUT2D eigenvalue weighted by molar-refractivity contribution is 0.414. The molecule has 0 bridgehead atoms. The minimum Gasteiger partial charge on any atom is -0.497 e. The average Bonchev–Trinajstić information content (AvgIpc) is 3.04. The molecule has 5 heteroatoms. The number of benzene rings is 2. The van der Waals surface area contributed by atoms with Gasteiger partial charge in [-0.2, -0.15) is 5.26 Å². The van der Waals surface area contributed by atoms with Crippen LogP contribution >= 0.6 is 0 Å². The maximum atomic E-state index is 9.24. The van der Waals surface area contributed by atoms with Crippen LogP contribution in [0.2, 0.25) is 0 Å². The van der Waals surface area contributed by atoms with Crippen LogP contribution in [-0.2, 0) is 0 Å². The zero-order valence-corrected chi connectivity index (χ0v) is 12.5. The van der Waals surface area contributed by atoms with Crippen LogP contribution in [0.5, 0.6) is 5.75 Å². The molecule has 0 aliphatic heterocycles. The molecule has 0 amide bonds. The Morgan fingerprint density at radius 1 is 1.04 bits per heavy atom. The molecule has 0 N–H and O–H groups in total. The van der Waals surface area contributed by atoms with Crippen molar-refractivity contribution >= 4 is 12.2 Å². The van der Waals surface area contributed by atoms with Crippen LogP contribution in [0.3, 0.4) is 0 Å². The van der Waals surface area contributed by atoms with Gasteiger partial charge in [0.05, 0.1) is 12.8 Å². The van der Waals surface area contributed by atoms with Gasteiger partial charge >= 0.3 is 0 Å². The Kier molecular flexibility index (Phi) is 4.16. The number of aromatic nitrogens is 3. The van der Waals surface area contributed by atoms with Crippen LogP contribution in [0.4, 0.5) is 0 Å². The highest BCUT2D eigenvalue weighted by atomic mass is 16.5. The summed E-state index contributed by atoms with van der Waals surface area (Å²) in [5.41, 5.74) is 2.78. The van der Waals surface area contributed by atoms with Crippen molar-refractivity contribution in [3.63, 3.8) is 0 Å². The summed E-state index contributed by atoms with van der Waals surface area (Å²) in [5, 5.41) is 17.3. The van der Waals surface area contributed by atoms with E-state index in [-0.39, 0.29) is 5.69 Å². The van der Waals surface area contributed by atoms with Crippen molar-refractivity contribution in [1.29, 1.82) is 5.26 Å². The van der Waals surface area contributed by atoms with Gasteiger partial charge in [-0.15, -0.1) is 5.10 Å². The van der Waals surface area contributed by atoms with E-state index in [1.54, 1.807) is 11.8 Å². The first-order valence-corrected chi connectivity index (χ1v) is 7.05. The van der Waals surface area contributed by atoms with Gasteiger partial charge in [-0.25, -0.2) is 4.68 Å². The van der Waals surface area contributed by atoms with E-state index in [0.717, 1.165) is 17.0 Å². The van der Waals surface area contributed by atoms with Gasteiger partial charge in [0.15, 0.2) is 5.69 Å². The van der Waals surface area contributed by atoms with E-state index >= 15 is 0 Å². The van der Waals surface area contributed by atoms with Crippen molar-refractivity contribution in [2.45, 2.75) is 0 Å². The standard InChI is InChI=1S/C18H14N4O/c1-23-16-10-8-15(9-11-16)22-18(17(13-19)20-21-22)12-7-14-5-3-2-4-6-14/h2-12H,1H3/b12-7+. The number of nitriles is 1. The molecule has 0 saturated heterocycles. The second-order valence-corrected chi connectivity index (χ2v) is 4.79. The lowest BCUT2D eigenvalue weighted by atomic mass is 10.2. The normalized spacial score (nSPS) is 10.6. The largest absolute Gasteiger partial charge is 0.497 e. The van der Waals surface area contributed by atoms with Gasteiger partial charge in [-0.3, -0.25) is 0 Å². The highest BCUT2D eigenvalue weighted by Gasteiger charge is 2.11. The van der Waals surface area contributed by atoms with Gasteiger partial charge in [-0.05, 0) is 35.9 Å². The Bertz CT molecular complexity index is 858. The van der Waals surface area contributed by atoms with Gasteiger partial charge in [0.25, 0.3) is 0 Å². The fourth-order valence-electron chi connectivity index (χ4n) is 2.17. The molecule has 0 aliphatic rings. The molecule has 0 unspecified atom stereocenters.